The van der Waals surface area contributed by atoms with Gasteiger partial charge in [-0.05, 0) is 11.2 Å². The van der Waals surface area contributed by atoms with Gasteiger partial charge in [-0.15, -0.1) is 5.01 Å². The van der Waals surface area contributed by atoms with Gasteiger partial charge in [0.2, 0.25) is 5.88 Å². The van der Waals surface area contributed by atoms with Crippen molar-refractivity contribution in [3.63, 3.8) is 0 Å². The maximum absolute atomic E-state index is 4.99. The quantitative estimate of drug-likeness (QED) is 0.593. The van der Waals surface area contributed by atoms with Crippen LogP contribution in [-0.2, 0) is 0 Å². The number of hydrogen-bond donors (Lipinski definition) is 2. The van der Waals surface area contributed by atoms with Gasteiger partial charge in [-0.25, -0.2) is 4.98 Å². The Morgan fingerprint density at radius 2 is 2.21 bits per heavy atom. The molecule has 2 aliphatic heterocycles. The highest BCUT2D eigenvalue weighted by Crippen LogP contribution is 2.11. The van der Waals surface area contributed by atoms with Crippen molar-refractivity contribution < 1.29 is 22.2 Å². The van der Waals surface area contributed by atoms with Crippen molar-refractivity contribution in [3.8, 4) is 5.88 Å². The highest BCUT2D eigenvalue weighted by atomic mass is 35.5. The van der Waals surface area contributed by atoms with Crippen LogP contribution >= 0.6 is 0 Å². The Balaban J connectivity index is 0.00000133. The van der Waals surface area contributed by atoms with Crippen molar-refractivity contribution in [1.82, 2.24) is 4.98 Å². The number of rotatable bonds is 2. The lowest BCUT2D eigenvalue weighted by molar-refractivity contribution is -0.748. The number of aliphatic imine (C=N–C) groups is 2. The number of halogens is 1. The van der Waals surface area contributed by atoms with E-state index < -0.39 is 0 Å². The third kappa shape index (κ3) is 2.78. The molecule has 0 radical (unpaired) electrons. The summed E-state index contributed by atoms with van der Waals surface area (Å²) in [6, 6.07) is 3.62. The second kappa shape index (κ2) is 5.59. The first-order chi connectivity index (χ1) is 8.85. The number of fused-ring (bicyclic) bond motifs is 1. The van der Waals surface area contributed by atoms with E-state index in [0.29, 0.717) is 11.8 Å². The van der Waals surface area contributed by atoms with Crippen molar-refractivity contribution in [2.24, 2.45) is 15.1 Å². The SMILES string of the molecule is COc1ccc(NC2=N[NH+]3C=CN=CC3=N2)cn1.[Cl-]. The first kappa shape index (κ1) is 13.2. The largest absolute Gasteiger partial charge is 1.00 e. The Morgan fingerprint density at radius 3 is 2.89 bits per heavy atom. The van der Waals surface area contributed by atoms with Crippen LogP contribution < -0.4 is 27.5 Å². The molecule has 1 unspecified atom stereocenters. The van der Waals surface area contributed by atoms with Crippen LogP contribution in [0.4, 0.5) is 5.69 Å². The molecule has 1 atom stereocenters. The average Bonchev–Trinajstić information content (AvgIpc) is 2.82. The summed E-state index contributed by atoms with van der Waals surface area (Å²) in [6.07, 6.45) is 6.85. The Bertz CT molecular complexity index is 577. The van der Waals surface area contributed by atoms with Gasteiger partial charge in [0.05, 0.1) is 25.2 Å². The molecule has 0 saturated carbocycles. The van der Waals surface area contributed by atoms with Crippen LogP contribution in [0.1, 0.15) is 0 Å². The van der Waals surface area contributed by atoms with E-state index in [9.17, 15) is 0 Å². The van der Waals surface area contributed by atoms with Crippen molar-refractivity contribution in [1.29, 1.82) is 0 Å². The maximum atomic E-state index is 4.99. The third-order valence-corrected chi connectivity index (χ3v) is 2.43. The van der Waals surface area contributed by atoms with Gasteiger partial charge >= 0.3 is 0 Å². The van der Waals surface area contributed by atoms with E-state index in [1.54, 1.807) is 31.8 Å². The van der Waals surface area contributed by atoms with Gasteiger partial charge in [-0.3, -0.25) is 4.99 Å². The van der Waals surface area contributed by atoms with Gasteiger partial charge in [-0.1, -0.05) is 0 Å². The van der Waals surface area contributed by atoms with E-state index in [4.69, 9.17) is 4.74 Å². The first-order valence-electron chi connectivity index (χ1n) is 5.37. The molecule has 0 aromatic carbocycles. The zero-order valence-corrected chi connectivity index (χ0v) is 10.8. The minimum Gasteiger partial charge on any atom is -1.00 e. The number of nitrogens with one attached hydrogen (secondary N) is 2. The summed E-state index contributed by atoms with van der Waals surface area (Å²) in [5.41, 5.74) is 0.805. The van der Waals surface area contributed by atoms with Crippen LogP contribution in [0, 0.1) is 0 Å². The molecule has 8 heteroatoms. The van der Waals surface area contributed by atoms with Crippen molar-refractivity contribution >= 4 is 23.7 Å². The normalized spacial score (nSPS) is 19.1. The highest BCUT2D eigenvalue weighted by molar-refractivity contribution is 6.29. The van der Waals surface area contributed by atoms with E-state index in [1.165, 1.54) is 0 Å². The van der Waals surface area contributed by atoms with Gasteiger partial charge in [0, 0.05) is 6.07 Å². The smallest absolute Gasteiger partial charge is 0.286 e. The Labute approximate surface area is 115 Å². The molecule has 3 rings (SSSR count). The van der Waals surface area contributed by atoms with E-state index in [0.717, 1.165) is 16.5 Å². The molecule has 2 N–H and O–H groups in total. The van der Waals surface area contributed by atoms with E-state index in [-0.39, 0.29) is 12.4 Å². The Kier molecular flexibility index (Phi) is 3.88. The molecule has 3 heterocycles. The van der Waals surface area contributed by atoms with E-state index >= 15 is 0 Å². The van der Waals surface area contributed by atoms with E-state index in [2.05, 4.69) is 25.4 Å². The Hall–Kier alpha value is -2.25. The van der Waals surface area contributed by atoms with Gasteiger partial charge in [-0.2, -0.15) is 4.99 Å². The molecule has 0 fully saturated rings. The summed E-state index contributed by atoms with van der Waals surface area (Å²) >= 11 is 0. The molecule has 98 valence electrons. The molecular formula is C11H11ClN6O. The van der Waals surface area contributed by atoms with Crippen LogP contribution in [-0.4, -0.2) is 30.1 Å². The third-order valence-electron chi connectivity index (χ3n) is 2.43. The van der Waals surface area contributed by atoms with Gasteiger partial charge in [0.15, 0.2) is 0 Å². The molecule has 0 spiro atoms. The number of anilines is 1. The molecule has 0 amide bonds. The molecule has 1 aromatic rings. The number of amidine groups is 1. The summed E-state index contributed by atoms with van der Waals surface area (Å²) in [6.45, 7) is 0. The predicted molar refractivity (Wildman–Crippen MR) is 67.9 cm³/mol. The predicted octanol–water partition coefficient (Wildman–Crippen LogP) is -3.37. The fourth-order valence-corrected chi connectivity index (χ4v) is 1.57. The summed E-state index contributed by atoms with van der Waals surface area (Å²) < 4.78 is 4.99. The number of ether oxygens (including phenoxy) is 1. The average molecular weight is 279 g/mol. The van der Waals surface area contributed by atoms with Crippen LogP contribution in [0.15, 0.2) is 45.8 Å². The molecule has 0 saturated heterocycles. The number of guanidine groups is 1. The molecule has 19 heavy (non-hydrogen) atoms. The minimum absolute atomic E-state index is 0. The molecule has 7 nitrogen and oxygen atoms in total. The number of aromatic nitrogens is 1. The van der Waals surface area contributed by atoms with Crippen LogP contribution in [0.25, 0.3) is 0 Å². The zero-order chi connectivity index (χ0) is 12.4. The van der Waals surface area contributed by atoms with Gasteiger partial charge in [0.25, 0.3) is 11.8 Å². The van der Waals surface area contributed by atoms with Crippen LogP contribution in [0.5, 0.6) is 5.88 Å². The monoisotopic (exact) mass is 278 g/mol. The number of quaternary nitrogens is 1. The van der Waals surface area contributed by atoms with Crippen LogP contribution in [0.3, 0.4) is 0 Å². The van der Waals surface area contributed by atoms with Gasteiger partial charge in [0.1, 0.15) is 12.4 Å². The summed E-state index contributed by atoms with van der Waals surface area (Å²) in [5, 5.41) is 8.22. The zero-order valence-electron chi connectivity index (χ0n) is 10.0. The van der Waals surface area contributed by atoms with Crippen molar-refractivity contribution in [2.75, 3.05) is 12.4 Å². The molecule has 0 aliphatic carbocycles. The summed E-state index contributed by atoms with van der Waals surface area (Å²) in [7, 11) is 1.58. The van der Waals surface area contributed by atoms with Crippen LogP contribution in [0.2, 0.25) is 0 Å². The topological polar surface area (TPSA) is 75.7 Å². The highest BCUT2D eigenvalue weighted by Gasteiger charge is 2.24. The Morgan fingerprint density at radius 1 is 1.32 bits per heavy atom. The first-order valence-corrected chi connectivity index (χ1v) is 5.37. The molecule has 2 aliphatic rings. The molecular weight excluding hydrogens is 268 g/mol. The minimum atomic E-state index is 0. The lowest BCUT2D eigenvalue weighted by Gasteiger charge is -2.02. The number of nitrogens with zero attached hydrogens (tertiary/aromatic N) is 4. The lowest BCUT2D eigenvalue weighted by atomic mass is 10.4. The second-order valence-corrected chi connectivity index (χ2v) is 3.63. The number of hydrogen-bond acceptors (Lipinski definition) is 6. The van der Waals surface area contributed by atoms with Crippen molar-refractivity contribution in [2.45, 2.75) is 0 Å². The fourth-order valence-electron chi connectivity index (χ4n) is 1.57. The molecule has 1 aromatic heterocycles. The second-order valence-electron chi connectivity index (χ2n) is 3.63. The standard InChI is InChI=1S/C11H10N6O.ClH/c1-18-10-3-2-8(6-13-10)14-11-15-9-7-12-4-5-17(9)16-11;/h2-7H,1H3,(H,14,16);1H. The number of methoxy groups -OCH3 is 1. The molecule has 0 bridgehead atoms. The summed E-state index contributed by atoms with van der Waals surface area (Å²) in [5.74, 6) is 1.87. The number of pyridine rings is 1. The fraction of sp³-hybridized carbons (Fsp3) is 0.0909. The van der Waals surface area contributed by atoms with Crippen molar-refractivity contribution in [3.05, 3.63) is 30.7 Å². The summed E-state index contributed by atoms with van der Waals surface area (Å²) in [4.78, 5) is 12.4. The van der Waals surface area contributed by atoms with E-state index in [1.807, 2.05) is 12.3 Å². The maximum Gasteiger partial charge on any atom is 0.286 e. The van der Waals surface area contributed by atoms with Gasteiger partial charge < -0.3 is 22.5 Å². The lowest BCUT2D eigenvalue weighted by Crippen LogP contribution is -3.05.